The summed E-state index contributed by atoms with van der Waals surface area (Å²) in [5.41, 5.74) is 4.11. The van der Waals surface area contributed by atoms with Gasteiger partial charge in [-0.15, -0.1) is 0 Å². The van der Waals surface area contributed by atoms with Crippen LogP contribution in [0.4, 0.5) is 17.1 Å². The third kappa shape index (κ3) is 3.06. The predicted molar refractivity (Wildman–Crippen MR) is 89.0 cm³/mol. The van der Waals surface area contributed by atoms with E-state index in [1.807, 2.05) is 18.2 Å². The van der Waals surface area contributed by atoms with Gasteiger partial charge in [-0.25, -0.2) is 0 Å². The zero-order valence-corrected chi connectivity index (χ0v) is 13.1. The molecule has 0 radical (unpaired) electrons. The monoisotopic (exact) mass is 296 g/mol. The van der Waals surface area contributed by atoms with E-state index in [9.17, 15) is 4.79 Å². The molecule has 1 heterocycles. The van der Waals surface area contributed by atoms with Gasteiger partial charge in [0, 0.05) is 17.4 Å². The summed E-state index contributed by atoms with van der Waals surface area (Å²) in [6.07, 6.45) is 0. The molecule has 0 saturated heterocycles. The molecule has 0 aromatic heterocycles. The Morgan fingerprint density at radius 1 is 1.05 bits per heavy atom. The number of hydrogen-bond donors (Lipinski definition) is 2. The van der Waals surface area contributed by atoms with Crippen LogP contribution in [0.15, 0.2) is 42.5 Å². The Hall–Kier alpha value is -2.49. The number of anilines is 3. The molecular formula is C18H20N2O2. The molecule has 4 heteroatoms. The van der Waals surface area contributed by atoms with E-state index in [1.165, 1.54) is 5.56 Å². The Balaban J connectivity index is 1.77. The number of carbonyl (C=O) groups excluding carboxylic acids is 1. The molecule has 0 unspecified atom stereocenters. The van der Waals surface area contributed by atoms with Crippen LogP contribution < -0.4 is 15.4 Å². The molecular weight excluding hydrogens is 276 g/mol. The van der Waals surface area contributed by atoms with Gasteiger partial charge in [-0.05, 0) is 35.2 Å². The lowest BCUT2D eigenvalue weighted by Gasteiger charge is -2.20. The summed E-state index contributed by atoms with van der Waals surface area (Å²) in [5.74, 6) is 0.571. The van der Waals surface area contributed by atoms with Crippen molar-refractivity contribution >= 4 is 23.0 Å². The Kier molecular flexibility index (Phi) is 3.53. The van der Waals surface area contributed by atoms with Gasteiger partial charge in [-0.1, -0.05) is 32.9 Å². The third-order valence-corrected chi connectivity index (χ3v) is 3.65. The Morgan fingerprint density at radius 2 is 1.73 bits per heavy atom. The summed E-state index contributed by atoms with van der Waals surface area (Å²) < 4.78 is 5.43. The number of benzene rings is 2. The second-order valence-electron chi connectivity index (χ2n) is 6.50. The summed E-state index contributed by atoms with van der Waals surface area (Å²) in [6, 6.07) is 14.1. The highest BCUT2D eigenvalue weighted by Gasteiger charge is 2.16. The van der Waals surface area contributed by atoms with Crippen LogP contribution in [0.5, 0.6) is 5.75 Å². The molecule has 114 valence electrons. The van der Waals surface area contributed by atoms with E-state index in [0.717, 1.165) is 11.4 Å². The molecule has 22 heavy (non-hydrogen) atoms. The summed E-state index contributed by atoms with van der Waals surface area (Å²) >= 11 is 0. The highest BCUT2D eigenvalue weighted by molar-refractivity contribution is 5.95. The quantitative estimate of drug-likeness (QED) is 0.878. The summed E-state index contributed by atoms with van der Waals surface area (Å²) in [6.45, 7) is 6.66. The molecule has 0 aliphatic carbocycles. The first-order valence-corrected chi connectivity index (χ1v) is 7.36. The Bertz CT molecular complexity index is 700. The second-order valence-corrected chi connectivity index (χ2v) is 6.50. The van der Waals surface area contributed by atoms with Crippen LogP contribution in [0.25, 0.3) is 0 Å². The highest BCUT2D eigenvalue weighted by atomic mass is 16.5. The second kappa shape index (κ2) is 5.37. The van der Waals surface area contributed by atoms with E-state index in [2.05, 4.69) is 55.7 Å². The molecule has 2 aromatic rings. The third-order valence-electron chi connectivity index (χ3n) is 3.65. The highest BCUT2D eigenvalue weighted by Crippen LogP contribution is 2.32. The fourth-order valence-electron chi connectivity index (χ4n) is 2.37. The molecule has 0 saturated carbocycles. The number of fused-ring (bicyclic) bond motifs is 1. The van der Waals surface area contributed by atoms with E-state index in [4.69, 9.17) is 4.74 Å². The maximum absolute atomic E-state index is 11.3. The molecule has 1 aliphatic rings. The number of ether oxygens (including phenoxy) is 1. The first-order valence-electron chi connectivity index (χ1n) is 7.36. The molecule has 4 nitrogen and oxygen atoms in total. The smallest absolute Gasteiger partial charge is 0.262 e. The predicted octanol–water partition coefficient (Wildman–Crippen LogP) is 4.06. The van der Waals surface area contributed by atoms with Gasteiger partial charge in [0.15, 0.2) is 6.61 Å². The number of carbonyl (C=O) groups is 1. The van der Waals surface area contributed by atoms with Crippen LogP contribution in [0.2, 0.25) is 0 Å². The number of hydrogen-bond acceptors (Lipinski definition) is 3. The first kappa shape index (κ1) is 14.4. The van der Waals surface area contributed by atoms with Gasteiger partial charge < -0.3 is 15.4 Å². The van der Waals surface area contributed by atoms with Crippen molar-refractivity contribution in [1.82, 2.24) is 0 Å². The van der Waals surface area contributed by atoms with Crippen LogP contribution in [0.3, 0.4) is 0 Å². The molecule has 0 atom stereocenters. The van der Waals surface area contributed by atoms with Gasteiger partial charge in [0.25, 0.3) is 5.91 Å². The minimum Gasteiger partial charge on any atom is -0.482 e. The van der Waals surface area contributed by atoms with Gasteiger partial charge in [-0.2, -0.15) is 0 Å². The van der Waals surface area contributed by atoms with Crippen LogP contribution in [0, 0.1) is 0 Å². The maximum atomic E-state index is 11.3. The molecule has 1 aliphatic heterocycles. The zero-order valence-electron chi connectivity index (χ0n) is 13.1. The van der Waals surface area contributed by atoms with Crippen LogP contribution >= 0.6 is 0 Å². The van der Waals surface area contributed by atoms with E-state index in [-0.39, 0.29) is 17.9 Å². The fraction of sp³-hybridized carbons (Fsp3) is 0.278. The number of nitrogens with one attached hydrogen (secondary N) is 2. The number of rotatable bonds is 2. The lowest BCUT2D eigenvalue weighted by Crippen LogP contribution is -2.25. The van der Waals surface area contributed by atoms with Gasteiger partial charge in [0.2, 0.25) is 0 Å². The minimum atomic E-state index is -0.119. The van der Waals surface area contributed by atoms with Crippen molar-refractivity contribution in [2.45, 2.75) is 26.2 Å². The van der Waals surface area contributed by atoms with Crippen LogP contribution in [-0.2, 0) is 10.2 Å². The Morgan fingerprint density at radius 3 is 2.41 bits per heavy atom. The van der Waals surface area contributed by atoms with Gasteiger partial charge in [0.05, 0.1) is 5.69 Å². The first-order chi connectivity index (χ1) is 10.4. The SMILES string of the molecule is CC(C)(C)c1ccc(Nc2ccc3c(c2)OCC(=O)N3)cc1. The molecule has 0 spiro atoms. The van der Waals surface area contributed by atoms with Crippen LogP contribution in [0.1, 0.15) is 26.3 Å². The minimum absolute atomic E-state index is 0.0662. The van der Waals surface area contributed by atoms with Crippen molar-refractivity contribution < 1.29 is 9.53 Å². The van der Waals surface area contributed by atoms with E-state index < -0.39 is 0 Å². The van der Waals surface area contributed by atoms with Crippen molar-refractivity contribution in [2.24, 2.45) is 0 Å². The van der Waals surface area contributed by atoms with Gasteiger partial charge in [0.1, 0.15) is 5.75 Å². The molecule has 0 bridgehead atoms. The van der Waals surface area contributed by atoms with E-state index >= 15 is 0 Å². The lowest BCUT2D eigenvalue weighted by molar-refractivity contribution is -0.118. The average molecular weight is 296 g/mol. The van der Waals surface area contributed by atoms with Crippen molar-refractivity contribution in [3.8, 4) is 5.75 Å². The number of amides is 1. The fourth-order valence-corrected chi connectivity index (χ4v) is 2.37. The molecule has 2 aromatic carbocycles. The standard InChI is InChI=1S/C18H20N2O2/c1-18(2,3)12-4-6-13(7-5-12)19-14-8-9-15-16(10-14)22-11-17(21)20-15/h4-10,19H,11H2,1-3H3,(H,20,21). The zero-order chi connectivity index (χ0) is 15.7. The average Bonchev–Trinajstić information content (AvgIpc) is 2.47. The van der Waals surface area contributed by atoms with Crippen molar-refractivity contribution in [3.63, 3.8) is 0 Å². The van der Waals surface area contributed by atoms with Gasteiger partial charge in [-0.3, -0.25) is 4.79 Å². The van der Waals surface area contributed by atoms with Crippen molar-refractivity contribution in [2.75, 3.05) is 17.2 Å². The van der Waals surface area contributed by atoms with Crippen LogP contribution in [-0.4, -0.2) is 12.5 Å². The van der Waals surface area contributed by atoms with E-state index in [1.54, 1.807) is 0 Å². The summed E-state index contributed by atoms with van der Waals surface area (Å²) in [7, 11) is 0. The maximum Gasteiger partial charge on any atom is 0.262 e. The summed E-state index contributed by atoms with van der Waals surface area (Å²) in [4.78, 5) is 11.3. The lowest BCUT2D eigenvalue weighted by atomic mass is 9.87. The molecule has 1 amide bonds. The van der Waals surface area contributed by atoms with E-state index in [0.29, 0.717) is 11.4 Å². The van der Waals surface area contributed by atoms with Crippen molar-refractivity contribution in [1.29, 1.82) is 0 Å². The van der Waals surface area contributed by atoms with Crippen molar-refractivity contribution in [3.05, 3.63) is 48.0 Å². The topological polar surface area (TPSA) is 50.4 Å². The Labute approximate surface area is 130 Å². The summed E-state index contributed by atoms with van der Waals surface area (Å²) in [5, 5.41) is 6.13. The van der Waals surface area contributed by atoms with Gasteiger partial charge >= 0.3 is 0 Å². The molecule has 0 fully saturated rings. The largest absolute Gasteiger partial charge is 0.482 e. The normalized spacial score (nSPS) is 13.9. The molecule has 3 rings (SSSR count). The molecule has 2 N–H and O–H groups in total.